The number of halogens is 1. The van der Waals surface area contributed by atoms with E-state index in [1.165, 1.54) is 5.56 Å². The lowest BCUT2D eigenvalue weighted by atomic mass is 10.1. The highest BCUT2D eigenvalue weighted by Crippen LogP contribution is 2.15. The zero-order valence-electron chi connectivity index (χ0n) is 12.2. The number of rotatable bonds is 2. The number of carbonyl (C=O) groups is 1. The van der Waals surface area contributed by atoms with Crippen LogP contribution in [0.4, 0.5) is 5.69 Å². The fraction of sp³-hybridized carbons (Fsp3) is 0.125. The Hall–Kier alpha value is -2.11. The van der Waals surface area contributed by atoms with Crippen LogP contribution in [0, 0.1) is 13.8 Å². The van der Waals surface area contributed by atoms with Crippen LogP contribution in [0.2, 0.25) is 5.02 Å². The third-order valence-electron chi connectivity index (χ3n) is 3.17. The number of hydrogen-bond acceptors (Lipinski definition) is 2. The second-order valence-corrected chi connectivity index (χ2v) is 5.63. The summed E-state index contributed by atoms with van der Waals surface area (Å²) in [4.78, 5) is 12.0. The van der Waals surface area contributed by atoms with Crippen molar-refractivity contribution in [3.8, 4) is 0 Å². The Bertz CT molecular complexity index is 718. The molecule has 0 heterocycles. The zero-order valence-corrected chi connectivity index (χ0v) is 13.8. The van der Waals surface area contributed by atoms with E-state index in [2.05, 4.69) is 16.2 Å². The minimum atomic E-state index is -0.352. The Morgan fingerprint density at radius 3 is 2.45 bits per heavy atom. The molecule has 1 amide bonds. The molecule has 0 saturated carbocycles. The van der Waals surface area contributed by atoms with Crippen LogP contribution in [0.15, 0.2) is 42.5 Å². The standard InChI is InChI=1S/C16H16ClN3OS/c1-10-7-8-12(9-11(10)2)18-16(22)20-19-15(21)13-5-3-4-6-14(13)17/h3-9H,1-2H3,(H,19,21)(H2,18,20,22). The van der Waals surface area contributed by atoms with Gasteiger partial charge in [-0.25, -0.2) is 0 Å². The SMILES string of the molecule is Cc1ccc(NC(=S)NNC(=O)c2ccccc2Cl)cc1C. The van der Waals surface area contributed by atoms with Gasteiger partial charge in [0.2, 0.25) is 0 Å². The first-order valence-electron chi connectivity index (χ1n) is 6.66. The number of hydrazine groups is 1. The van der Waals surface area contributed by atoms with E-state index in [0.717, 1.165) is 11.3 Å². The van der Waals surface area contributed by atoms with Gasteiger partial charge in [-0.3, -0.25) is 15.6 Å². The molecule has 0 aliphatic rings. The van der Waals surface area contributed by atoms with E-state index in [9.17, 15) is 4.79 Å². The molecule has 0 atom stereocenters. The molecule has 2 rings (SSSR count). The molecule has 0 radical (unpaired) electrons. The van der Waals surface area contributed by atoms with E-state index < -0.39 is 0 Å². The quantitative estimate of drug-likeness (QED) is 0.580. The number of benzene rings is 2. The summed E-state index contributed by atoms with van der Waals surface area (Å²) in [6.07, 6.45) is 0. The Morgan fingerprint density at radius 2 is 1.77 bits per heavy atom. The first-order chi connectivity index (χ1) is 10.5. The van der Waals surface area contributed by atoms with Crippen molar-refractivity contribution in [1.29, 1.82) is 0 Å². The Balaban J connectivity index is 1.91. The van der Waals surface area contributed by atoms with Gasteiger partial charge in [-0.2, -0.15) is 0 Å². The second-order valence-electron chi connectivity index (χ2n) is 4.81. The molecule has 0 unspecified atom stereocenters. The van der Waals surface area contributed by atoms with Gasteiger partial charge in [-0.1, -0.05) is 29.8 Å². The first-order valence-corrected chi connectivity index (χ1v) is 7.45. The molecule has 4 nitrogen and oxygen atoms in total. The Kier molecular flexibility index (Phi) is 5.35. The monoisotopic (exact) mass is 333 g/mol. The molecule has 22 heavy (non-hydrogen) atoms. The van der Waals surface area contributed by atoms with E-state index in [1.807, 2.05) is 32.0 Å². The minimum absolute atomic E-state index is 0.295. The number of carbonyl (C=O) groups excluding carboxylic acids is 1. The molecule has 2 aromatic carbocycles. The Labute approximate surface area is 139 Å². The van der Waals surface area contributed by atoms with Gasteiger partial charge in [-0.15, -0.1) is 0 Å². The summed E-state index contributed by atoms with van der Waals surface area (Å²) in [6, 6.07) is 12.7. The number of thiocarbonyl (C=S) groups is 1. The molecule has 0 aromatic heterocycles. The summed E-state index contributed by atoms with van der Waals surface area (Å²) in [5, 5.41) is 3.68. The lowest BCUT2D eigenvalue weighted by molar-refractivity contribution is 0.0944. The predicted octanol–water partition coefficient (Wildman–Crippen LogP) is 3.59. The maximum Gasteiger partial charge on any atom is 0.271 e. The molecule has 0 saturated heterocycles. The molecule has 0 aliphatic heterocycles. The fourth-order valence-electron chi connectivity index (χ4n) is 1.81. The molecular formula is C16H16ClN3OS. The molecule has 0 fully saturated rings. The number of aryl methyl sites for hydroxylation is 2. The molecule has 0 bridgehead atoms. The van der Waals surface area contributed by atoms with E-state index in [1.54, 1.807) is 24.3 Å². The van der Waals surface area contributed by atoms with Crippen LogP contribution in [-0.4, -0.2) is 11.0 Å². The van der Waals surface area contributed by atoms with Crippen LogP contribution in [0.5, 0.6) is 0 Å². The van der Waals surface area contributed by atoms with Crippen LogP contribution >= 0.6 is 23.8 Å². The van der Waals surface area contributed by atoms with Crippen LogP contribution in [0.1, 0.15) is 21.5 Å². The third-order valence-corrected chi connectivity index (χ3v) is 3.71. The molecule has 114 valence electrons. The third kappa shape index (κ3) is 4.19. The molecular weight excluding hydrogens is 318 g/mol. The topological polar surface area (TPSA) is 53.2 Å². The van der Waals surface area contributed by atoms with Crippen LogP contribution < -0.4 is 16.2 Å². The maximum atomic E-state index is 12.0. The van der Waals surface area contributed by atoms with Gasteiger partial charge in [0.1, 0.15) is 0 Å². The number of hydrogen-bond donors (Lipinski definition) is 3. The maximum absolute atomic E-state index is 12.0. The number of nitrogens with one attached hydrogen (secondary N) is 3. The number of anilines is 1. The molecule has 3 N–H and O–H groups in total. The highest BCUT2D eigenvalue weighted by molar-refractivity contribution is 7.80. The highest BCUT2D eigenvalue weighted by Gasteiger charge is 2.09. The molecule has 0 aliphatic carbocycles. The van der Waals surface area contributed by atoms with Crippen LogP contribution in [-0.2, 0) is 0 Å². The second kappa shape index (κ2) is 7.24. The molecule has 0 spiro atoms. The average molecular weight is 334 g/mol. The van der Waals surface area contributed by atoms with Gasteiger partial charge < -0.3 is 5.32 Å². The number of amides is 1. The first kappa shape index (κ1) is 16.3. The lowest BCUT2D eigenvalue weighted by Crippen LogP contribution is -2.43. The summed E-state index contributed by atoms with van der Waals surface area (Å²) in [5.74, 6) is -0.352. The summed E-state index contributed by atoms with van der Waals surface area (Å²) in [6.45, 7) is 4.07. The van der Waals surface area contributed by atoms with E-state index in [-0.39, 0.29) is 5.91 Å². The van der Waals surface area contributed by atoms with Gasteiger partial charge in [-0.05, 0) is 61.5 Å². The van der Waals surface area contributed by atoms with Crippen LogP contribution in [0.3, 0.4) is 0 Å². The van der Waals surface area contributed by atoms with Gasteiger partial charge >= 0.3 is 0 Å². The van der Waals surface area contributed by atoms with Crippen molar-refractivity contribution in [2.45, 2.75) is 13.8 Å². The van der Waals surface area contributed by atoms with Crippen molar-refractivity contribution in [1.82, 2.24) is 10.9 Å². The fourth-order valence-corrected chi connectivity index (χ4v) is 2.20. The zero-order chi connectivity index (χ0) is 16.1. The van der Waals surface area contributed by atoms with E-state index in [4.69, 9.17) is 23.8 Å². The smallest absolute Gasteiger partial charge is 0.271 e. The van der Waals surface area contributed by atoms with Gasteiger partial charge in [0, 0.05) is 5.69 Å². The van der Waals surface area contributed by atoms with Crippen molar-refractivity contribution < 1.29 is 4.79 Å². The minimum Gasteiger partial charge on any atom is -0.331 e. The predicted molar refractivity (Wildman–Crippen MR) is 94.2 cm³/mol. The van der Waals surface area contributed by atoms with Gasteiger partial charge in [0.15, 0.2) is 5.11 Å². The summed E-state index contributed by atoms with van der Waals surface area (Å²) in [5.41, 5.74) is 8.76. The van der Waals surface area contributed by atoms with Gasteiger partial charge in [0.05, 0.1) is 10.6 Å². The normalized spacial score (nSPS) is 9.95. The molecule has 2 aromatic rings. The summed E-state index contributed by atoms with van der Waals surface area (Å²) >= 11 is 11.1. The Morgan fingerprint density at radius 1 is 1.05 bits per heavy atom. The largest absolute Gasteiger partial charge is 0.331 e. The lowest BCUT2D eigenvalue weighted by Gasteiger charge is -2.13. The van der Waals surface area contributed by atoms with Crippen molar-refractivity contribution in [2.75, 3.05) is 5.32 Å². The molecule has 6 heteroatoms. The highest BCUT2D eigenvalue weighted by atomic mass is 35.5. The van der Waals surface area contributed by atoms with Gasteiger partial charge in [0.25, 0.3) is 5.91 Å². The summed E-state index contributed by atoms with van der Waals surface area (Å²) < 4.78 is 0. The van der Waals surface area contributed by atoms with E-state index in [0.29, 0.717) is 15.7 Å². The van der Waals surface area contributed by atoms with E-state index >= 15 is 0 Å². The average Bonchev–Trinajstić information content (AvgIpc) is 2.49. The van der Waals surface area contributed by atoms with Crippen molar-refractivity contribution in [3.05, 3.63) is 64.2 Å². The van der Waals surface area contributed by atoms with Crippen molar-refractivity contribution in [2.24, 2.45) is 0 Å². The summed E-state index contributed by atoms with van der Waals surface area (Å²) in [7, 11) is 0. The van der Waals surface area contributed by atoms with Crippen molar-refractivity contribution in [3.63, 3.8) is 0 Å². The van der Waals surface area contributed by atoms with Crippen LogP contribution in [0.25, 0.3) is 0 Å². The van der Waals surface area contributed by atoms with Crippen molar-refractivity contribution >= 4 is 40.5 Å².